The summed E-state index contributed by atoms with van der Waals surface area (Å²) >= 11 is 0. The molecule has 1 atom stereocenters. The summed E-state index contributed by atoms with van der Waals surface area (Å²) in [6.45, 7) is 3.60. The third-order valence-electron chi connectivity index (χ3n) is 3.05. The molecule has 1 N–H and O–H groups in total. The monoisotopic (exact) mass is 323 g/mol. The molecule has 0 heterocycles. The third-order valence-corrected chi connectivity index (χ3v) is 5.49. The molecule has 0 aromatic heterocycles. The molecule has 0 amide bonds. The first kappa shape index (κ1) is 15.7. The highest BCUT2D eigenvalue weighted by molar-refractivity contribution is 7.92. The molecule has 2 rings (SSSR count). The predicted molar refractivity (Wildman–Crippen MR) is 85.5 cm³/mol. The van der Waals surface area contributed by atoms with Crippen molar-refractivity contribution >= 4 is 26.5 Å². The number of anilines is 1. The zero-order valence-electron chi connectivity index (χ0n) is 12.1. The van der Waals surface area contributed by atoms with Gasteiger partial charge in [-0.15, -0.1) is 0 Å². The van der Waals surface area contributed by atoms with Gasteiger partial charge in [-0.2, -0.15) is 0 Å². The van der Waals surface area contributed by atoms with Crippen LogP contribution in [0.15, 0.2) is 52.3 Å². The maximum atomic E-state index is 12.5. The Morgan fingerprint density at radius 1 is 1.05 bits per heavy atom. The molecule has 0 saturated carbocycles. The highest BCUT2D eigenvalue weighted by Crippen LogP contribution is 2.21. The van der Waals surface area contributed by atoms with Crippen molar-refractivity contribution in [3.8, 4) is 0 Å². The van der Waals surface area contributed by atoms with Crippen LogP contribution in [0.3, 0.4) is 0 Å². The standard InChI is InChI=1S/C15H17NO3S2/c1-11-7-8-12(2)15(9-11)21(18,19)16-13-5-4-6-14(10-13)20(3)17/h4-10,16H,1-3H3/t20-/m1/s1. The van der Waals surface area contributed by atoms with E-state index in [1.807, 2.05) is 13.0 Å². The van der Waals surface area contributed by atoms with E-state index in [1.54, 1.807) is 49.6 Å². The largest absolute Gasteiger partial charge is 0.280 e. The summed E-state index contributed by atoms with van der Waals surface area (Å²) in [5.41, 5.74) is 1.97. The molecule has 21 heavy (non-hydrogen) atoms. The van der Waals surface area contributed by atoms with E-state index in [1.165, 1.54) is 0 Å². The molecule has 2 aromatic carbocycles. The Morgan fingerprint density at radius 3 is 2.43 bits per heavy atom. The van der Waals surface area contributed by atoms with E-state index in [4.69, 9.17) is 0 Å². The van der Waals surface area contributed by atoms with Crippen molar-refractivity contribution in [1.82, 2.24) is 0 Å². The van der Waals surface area contributed by atoms with E-state index < -0.39 is 20.8 Å². The van der Waals surface area contributed by atoms with Crippen LogP contribution in [0.1, 0.15) is 11.1 Å². The van der Waals surface area contributed by atoms with E-state index >= 15 is 0 Å². The van der Waals surface area contributed by atoms with Crippen LogP contribution in [0.4, 0.5) is 5.69 Å². The number of rotatable bonds is 4. The molecular weight excluding hydrogens is 306 g/mol. The lowest BCUT2D eigenvalue weighted by atomic mass is 10.2. The lowest BCUT2D eigenvalue weighted by Gasteiger charge is -2.11. The van der Waals surface area contributed by atoms with Gasteiger partial charge in [0.1, 0.15) is 0 Å². The van der Waals surface area contributed by atoms with Crippen molar-refractivity contribution in [3.05, 3.63) is 53.6 Å². The zero-order chi connectivity index (χ0) is 15.6. The molecule has 0 spiro atoms. The van der Waals surface area contributed by atoms with Gasteiger partial charge < -0.3 is 0 Å². The number of nitrogens with one attached hydrogen (secondary N) is 1. The minimum absolute atomic E-state index is 0.255. The quantitative estimate of drug-likeness (QED) is 0.941. The highest BCUT2D eigenvalue weighted by Gasteiger charge is 2.17. The topological polar surface area (TPSA) is 63.2 Å². The van der Waals surface area contributed by atoms with Crippen molar-refractivity contribution in [3.63, 3.8) is 0 Å². The minimum Gasteiger partial charge on any atom is -0.280 e. The Kier molecular flexibility index (Phi) is 4.49. The number of hydrogen-bond donors (Lipinski definition) is 1. The molecular formula is C15H17NO3S2. The Morgan fingerprint density at radius 2 is 1.76 bits per heavy atom. The molecule has 0 aliphatic carbocycles. The van der Waals surface area contributed by atoms with E-state index in [0.29, 0.717) is 16.1 Å². The lowest BCUT2D eigenvalue weighted by Crippen LogP contribution is -2.14. The van der Waals surface area contributed by atoms with E-state index in [9.17, 15) is 12.6 Å². The van der Waals surface area contributed by atoms with Crippen LogP contribution >= 0.6 is 0 Å². The second-order valence-corrected chi connectivity index (χ2v) is 7.89. The van der Waals surface area contributed by atoms with Crippen LogP contribution in [0.5, 0.6) is 0 Å². The summed E-state index contributed by atoms with van der Waals surface area (Å²) in [5, 5.41) is 0. The lowest BCUT2D eigenvalue weighted by molar-refractivity contribution is 0.600. The van der Waals surface area contributed by atoms with Crippen molar-refractivity contribution in [2.24, 2.45) is 0 Å². The van der Waals surface area contributed by atoms with E-state index in [-0.39, 0.29) is 4.90 Å². The predicted octanol–water partition coefficient (Wildman–Crippen LogP) is 2.84. The first-order valence-electron chi connectivity index (χ1n) is 6.33. The summed E-state index contributed by atoms with van der Waals surface area (Å²) in [6.07, 6.45) is 1.55. The summed E-state index contributed by atoms with van der Waals surface area (Å²) in [4.78, 5) is 0.835. The molecule has 0 unspecified atom stereocenters. The number of benzene rings is 2. The summed E-state index contributed by atoms with van der Waals surface area (Å²) in [7, 11) is -4.81. The summed E-state index contributed by atoms with van der Waals surface area (Å²) < 4.78 is 38.9. The molecule has 0 aliphatic heterocycles. The fourth-order valence-electron chi connectivity index (χ4n) is 1.95. The maximum Gasteiger partial charge on any atom is 0.262 e. The first-order valence-corrected chi connectivity index (χ1v) is 9.37. The summed E-state index contributed by atoms with van der Waals surface area (Å²) in [5.74, 6) is 0. The molecule has 0 aliphatic rings. The van der Waals surface area contributed by atoms with Gasteiger partial charge in [-0.3, -0.25) is 8.93 Å². The molecule has 0 radical (unpaired) electrons. The van der Waals surface area contributed by atoms with Crippen molar-refractivity contribution in [2.75, 3.05) is 11.0 Å². The minimum atomic E-state index is -3.66. The van der Waals surface area contributed by atoms with Gasteiger partial charge in [0.25, 0.3) is 10.0 Å². The second kappa shape index (κ2) is 5.99. The highest BCUT2D eigenvalue weighted by atomic mass is 32.2. The number of aryl methyl sites for hydroxylation is 2. The van der Waals surface area contributed by atoms with Crippen LogP contribution in [-0.2, 0) is 20.8 Å². The van der Waals surface area contributed by atoms with Crippen LogP contribution in [0.2, 0.25) is 0 Å². The third kappa shape index (κ3) is 3.71. The second-order valence-electron chi connectivity index (χ2n) is 4.86. The van der Waals surface area contributed by atoms with Gasteiger partial charge in [-0.05, 0) is 49.2 Å². The number of hydrogen-bond acceptors (Lipinski definition) is 3. The fourth-order valence-corrected chi connectivity index (χ4v) is 3.89. The maximum absolute atomic E-state index is 12.5. The zero-order valence-corrected chi connectivity index (χ0v) is 13.7. The van der Waals surface area contributed by atoms with Crippen LogP contribution in [0, 0.1) is 13.8 Å². The smallest absolute Gasteiger partial charge is 0.262 e. The molecule has 2 aromatic rings. The Bertz CT molecular complexity index is 798. The average Bonchev–Trinajstić information content (AvgIpc) is 2.41. The van der Waals surface area contributed by atoms with Gasteiger partial charge >= 0.3 is 0 Å². The van der Waals surface area contributed by atoms with Crippen LogP contribution < -0.4 is 4.72 Å². The molecule has 112 valence electrons. The first-order chi connectivity index (χ1) is 9.79. The molecule has 4 nitrogen and oxygen atoms in total. The average molecular weight is 323 g/mol. The molecule has 0 saturated heterocycles. The Labute approximate surface area is 127 Å². The van der Waals surface area contributed by atoms with Gasteiger partial charge in [-0.25, -0.2) is 8.42 Å². The van der Waals surface area contributed by atoms with Gasteiger partial charge in [0, 0.05) is 22.0 Å². The van der Waals surface area contributed by atoms with Crippen LogP contribution in [-0.4, -0.2) is 18.9 Å². The van der Waals surface area contributed by atoms with Crippen molar-refractivity contribution in [2.45, 2.75) is 23.6 Å². The fraction of sp³-hybridized carbons (Fsp3) is 0.200. The SMILES string of the molecule is Cc1ccc(C)c(S(=O)(=O)Nc2cccc([S@@](C)=O)c2)c1. The van der Waals surface area contributed by atoms with Crippen molar-refractivity contribution in [1.29, 1.82) is 0 Å². The van der Waals surface area contributed by atoms with Gasteiger partial charge in [-0.1, -0.05) is 18.2 Å². The van der Waals surface area contributed by atoms with Gasteiger partial charge in [0.05, 0.1) is 10.6 Å². The van der Waals surface area contributed by atoms with E-state index in [0.717, 1.165) is 5.56 Å². The van der Waals surface area contributed by atoms with E-state index in [2.05, 4.69) is 4.72 Å². The molecule has 6 heteroatoms. The Hall–Kier alpha value is -1.66. The normalized spacial score (nSPS) is 12.9. The number of sulfonamides is 1. The summed E-state index contributed by atoms with van der Waals surface area (Å²) in [6, 6.07) is 11.9. The molecule has 0 fully saturated rings. The van der Waals surface area contributed by atoms with Gasteiger partial charge in [0.2, 0.25) is 0 Å². The van der Waals surface area contributed by atoms with Gasteiger partial charge in [0.15, 0.2) is 0 Å². The molecule has 0 bridgehead atoms. The van der Waals surface area contributed by atoms with Crippen LogP contribution in [0.25, 0.3) is 0 Å². The Balaban J connectivity index is 2.40. The van der Waals surface area contributed by atoms with Crippen molar-refractivity contribution < 1.29 is 12.6 Å².